The lowest BCUT2D eigenvalue weighted by Gasteiger charge is -2.11. The van der Waals surface area contributed by atoms with Crippen LogP contribution in [0.2, 0.25) is 0 Å². The van der Waals surface area contributed by atoms with Gasteiger partial charge in [-0.25, -0.2) is 12.8 Å². The maximum Gasteiger partial charge on any atom is 0.310 e. The topological polar surface area (TPSA) is 72.8 Å². The first kappa shape index (κ1) is 23.2. The van der Waals surface area contributed by atoms with E-state index in [0.717, 1.165) is 15.9 Å². The summed E-state index contributed by atoms with van der Waals surface area (Å²) in [4.78, 5) is 18.0. The summed E-state index contributed by atoms with van der Waals surface area (Å²) in [5.74, 6) is -1.38. The second-order valence-corrected chi connectivity index (χ2v) is 10.5. The number of carbonyl (C=O) groups is 1. The van der Waals surface area contributed by atoms with Gasteiger partial charge in [-0.2, -0.15) is 0 Å². The van der Waals surface area contributed by atoms with Gasteiger partial charge in [0.25, 0.3) is 0 Å². The standard InChI is InChI=1S/C25H22FNO4S2/c1-3-31-23(28)15-20-16(2)27-22-14-13-21(26)25(24(20)22)33(29,30)19-11-9-18(10-12-19)32-17-7-5-4-6-8-17/h4-14,16H,3,15H2,1-2H3. The number of hydrogen-bond acceptors (Lipinski definition) is 6. The van der Waals surface area contributed by atoms with Crippen LogP contribution < -0.4 is 10.6 Å². The van der Waals surface area contributed by atoms with E-state index in [9.17, 15) is 13.2 Å². The second kappa shape index (κ2) is 9.49. The number of esters is 1. The lowest BCUT2D eigenvalue weighted by Crippen LogP contribution is -2.32. The lowest BCUT2D eigenvalue weighted by atomic mass is 10.0. The first-order valence-electron chi connectivity index (χ1n) is 10.4. The fourth-order valence-electron chi connectivity index (χ4n) is 3.76. The van der Waals surface area contributed by atoms with E-state index in [4.69, 9.17) is 4.74 Å². The molecule has 3 aromatic carbocycles. The molecule has 1 aliphatic rings. The minimum Gasteiger partial charge on any atom is -0.466 e. The lowest BCUT2D eigenvalue weighted by molar-refractivity contribution is -0.141. The Hall–Kier alpha value is -2.97. The summed E-state index contributed by atoms with van der Waals surface area (Å²) in [6.45, 7) is 3.64. The van der Waals surface area contributed by atoms with Crippen LogP contribution in [0.4, 0.5) is 4.39 Å². The zero-order valence-electron chi connectivity index (χ0n) is 18.1. The average molecular weight is 484 g/mol. The van der Waals surface area contributed by atoms with Crippen molar-refractivity contribution in [2.24, 2.45) is 4.99 Å². The van der Waals surface area contributed by atoms with Gasteiger partial charge in [0, 0.05) is 15.0 Å². The van der Waals surface area contributed by atoms with Crippen molar-refractivity contribution < 1.29 is 22.3 Å². The van der Waals surface area contributed by atoms with Gasteiger partial charge in [0.1, 0.15) is 10.7 Å². The number of hydrogen-bond donors (Lipinski definition) is 0. The largest absolute Gasteiger partial charge is 0.466 e. The number of carbonyl (C=O) groups excluding carboxylic acids is 1. The number of ether oxygens (including phenoxy) is 1. The van der Waals surface area contributed by atoms with Crippen LogP contribution in [-0.2, 0) is 19.4 Å². The highest BCUT2D eigenvalue weighted by Gasteiger charge is 2.29. The van der Waals surface area contributed by atoms with Gasteiger partial charge >= 0.3 is 5.97 Å². The summed E-state index contributed by atoms with van der Waals surface area (Å²) >= 11 is 1.50. The maximum atomic E-state index is 15.0. The molecule has 0 amide bonds. The van der Waals surface area contributed by atoms with Crippen LogP contribution in [0.1, 0.15) is 20.3 Å². The number of rotatable bonds is 7. The van der Waals surface area contributed by atoms with E-state index >= 15 is 4.39 Å². The molecule has 0 aliphatic carbocycles. The summed E-state index contributed by atoms with van der Waals surface area (Å²) in [6, 6.07) is 18.1. The van der Waals surface area contributed by atoms with Gasteiger partial charge < -0.3 is 4.74 Å². The highest BCUT2D eigenvalue weighted by atomic mass is 32.2. The molecule has 1 unspecified atom stereocenters. The molecule has 0 radical (unpaired) electrons. The molecule has 1 aliphatic heterocycles. The first-order valence-corrected chi connectivity index (χ1v) is 12.7. The van der Waals surface area contributed by atoms with Crippen LogP contribution in [0.15, 0.2) is 91.3 Å². The minimum absolute atomic E-state index is 0.0257. The monoisotopic (exact) mass is 483 g/mol. The smallest absolute Gasteiger partial charge is 0.310 e. The molecule has 1 atom stereocenters. The Morgan fingerprint density at radius 1 is 1.03 bits per heavy atom. The van der Waals surface area contributed by atoms with E-state index in [1.165, 1.54) is 30.0 Å². The molecule has 0 bridgehead atoms. The summed E-state index contributed by atoms with van der Waals surface area (Å²) < 4.78 is 47.1. The third kappa shape index (κ3) is 4.72. The third-order valence-corrected chi connectivity index (χ3v) is 8.11. The van der Waals surface area contributed by atoms with Gasteiger partial charge in [-0.15, -0.1) is 0 Å². The van der Waals surface area contributed by atoms with Crippen molar-refractivity contribution in [1.82, 2.24) is 0 Å². The van der Waals surface area contributed by atoms with Crippen molar-refractivity contribution in [2.45, 2.75) is 45.9 Å². The zero-order valence-corrected chi connectivity index (χ0v) is 19.8. The molecule has 1 heterocycles. The number of nitrogens with zero attached hydrogens (tertiary/aromatic N) is 1. The van der Waals surface area contributed by atoms with E-state index in [1.54, 1.807) is 26.0 Å². The second-order valence-electron chi connectivity index (χ2n) is 7.47. The van der Waals surface area contributed by atoms with Crippen LogP contribution >= 0.6 is 11.8 Å². The van der Waals surface area contributed by atoms with Crippen LogP contribution in [0.5, 0.6) is 0 Å². The van der Waals surface area contributed by atoms with Crippen molar-refractivity contribution in [3.8, 4) is 0 Å². The molecule has 0 aromatic heterocycles. The SMILES string of the molecule is CCOC(=O)CC1=c2c(S(=O)(=O)c3ccc(Sc4ccccc4)cc3)c(F)ccc2=NC1C. The zero-order chi connectivity index (χ0) is 23.6. The van der Waals surface area contributed by atoms with Gasteiger partial charge in [-0.1, -0.05) is 30.0 Å². The normalized spacial score (nSPS) is 15.1. The molecule has 3 aromatic rings. The average Bonchev–Trinajstić information content (AvgIpc) is 3.09. The summed E-state index contributed by atoms with van der Waals surface area (Å²) in [5.41, 5.74) is 0.442. The van der Waals surface area contributed by atoms with Crippen LogP contribution in [-0.4, -0.2) is 27.0 Å². The number of benzene rings is 3. The van der Waals surface area contributed by atoms with E-state index in [-0.39, 0.29) is 23.1 Å². The van der Waals surface area contributed by atoms with Gasteiger partial charge in [0.2, 0.25) is 9.84 Å². The van der Waals surface area contributed by atoms with E-state index in [0.29, 0.717) is 10.9 Å². The Kier molecular flexibility index (Phi) is 6.67. The Bertz CT molecular complexity index is 1420. The molecule has 5 nitrogen and oxygen atoms in total. The Labute approximate surface area is 195 Å². The Morgan fingerprint density at radius 2 is 1.70 bits per heavy atom. The van der Waals surface area contributed by atoms with Crippen LogP contribution in [0.3, 0.4) is 0 Å². The maximum absolute atomic E-state index is 15.0. The number of fused-ring (bicyclic) bond motifs is 1. The molecular weight excluding hydrogens is 461 g/mol. The molecule has 33 heavy (non-hydrogen) atoms. The fraction of sp³-hybridized carbons (Fsp3) is 0.200. The van der Waals surface area contributed by atoms with Gasteiger partial charge in [-0.3, -0.25) is 9.79 Å². The molecule has 8 heteroatoms. The van der Waals surface area contributed by atoms with Crippen molar-refractivity contribution in [2.75, 3.05) is 6.61 Å². The van der Waals surface area contributed by atoms with Crippen molar-refractivity contribution >= 4 is 33.1 Å². The highest BCUT2D eigenvalue weighted by Crippen LogP contribution is 2.30. The van der Waals surface area contributed by atoms with Crippen LogP contribution in [0, 0.1) is 5.82 Å². The number of sulfone groups is 1. The Balaban J connectivity index is 1.78. The van der Waals surface area contributed by atoms with Crippen molar-refractivity contribution in [1.29, 1.82) is 0 Å². The molecular formula is C25H22FNO4S2. The van der Waals surface area contributed by atoms with Gasteiger partial charge in [0.15, 0.2) is 0 Å². The first-order chi connectivity index (χ1) is 15.8. The molecule has 0 spiro atoms. The summed E-state index contributed by atoms with van der Waals surface area (Å²) in [7, 11) is -4.21. The molecule has 0 N–H and O–H groups in total. The summed E-state index contributed by atoms with van der Waals surface area (Å²) in [6.07, 6.45) is -0.149. The predicted molar refractivity (Wildman–Crippen MR) is 124 cm³/mol. The fourth-order valence-corrected chi connectivity index (χ4v) is 6.15. The van der Waals surface area contributed by atoms with Crippen molar-refractivity contribution in [3.05, 3.63) is 83.1 Å². The molecule has 0 fully saturated rings. The molecule has 170 valence electrons. The highest BCUT2D eigenvalue weighted by molar-refractivity contribution is 7.99. The summed E-state index contributed by atoms with van der Waals surface area (Å²) in [5, 5.41) is 0.524. The van der Waals surface area contributed by atoms with Gasteiger partial charge in [-0.05, 0) is 68.0 Å². The predicted octanol–water partition coefficient (Wildman–Crippen LogP) is 3.94. The molecule has 0 saturated carbocycles. The molecule has 4 rings (SSSR count). The van der Waals surface area contributed by atoms with Gasteiger partial charge in [0.05, 0.1) is 29.3 Å². The van der Waals surface area contributed by atoms with Crippen LogP contribution in [0.25, 0.3) is 5.57 Å². The number of halogens is 1. The quantitative estimate of drug-likeness (QED) is 0.476. The Morgan fingerprint density at radius 3 is 2.36 bits per heavy atom. The molecule has 0 saturated heterocycles. The van der Waals surface area contributed by atoms with E-state index < -0.39 is 32.6 Å². The third-order valence-electron chi connectivity index (χ3n) is 5.27. The van der Waals surface area contributed by atoms with E-state index in [2.05, 4.69) is 4.99 Å². The van der Waals surface area contributed by atoms with E-state index in [1.807, 2.05) is 30.3 Å². The van der Waals surface area contributed by atoms with Crippen molar-refractivity contribution in [3.63, 3.8) is 0 Å². The minimum atomic E-state index is -4.21.